The standard InChI is InChI=1S/C4H8O2.2O.Ti/c1-3-6-4(2)5;;;/h3H2,1-2H3;;;/q;2*-2;+4. The summed E-state index contributed by atoms with van der Waals surface area (Å²) in [4.78, 5) is 9.82. The Kier molecular flexibility index (Phi) is 40.0. The number of carbonyl (C=O) groups is 1. The van der Waals surface area contributed by atoms with Gasteiger partial charge in [0.25, 0.3) is 0 Å². The van der Waals surface area contributed by atoms with Crippen molar-refractivity contribution < 1.29 is 42.2 Å². The maximum Gasteiger partial charge on any atom is 4.00 e. The third-order valence-electron chi connectivity index (χ3n) is 0.348. The Morgan fingerprint density at radius 1 is 1.44 bits per heavy atom. The molecule has 0 saturated heterocycles. The first-order valence-corrected chi connectivity index (χ1v) is 1.90. The molecule has 0 radical (unpaired) electrons. The zero-order valence-electron chi connectivity index (χ0n) is 5.34. The van der Waals surface area contributed by atoms with E-state index < -0.39 is 0 Å². The molecule has 0 aliphatic rings. The SMILES string of the molecule is CCOC(C)=O.[O-2].[O-2].[Ti+4]. The van der Waals surface area contributed by atoms with Gasteiger partial charge >= 0.3 is 27.7 Å². The Hall–Kier alpha value is 0.104. The molecule has 0 aliphatic carbocycles. The summed E-state index contributed by atoms with van der Waals surface area (Å²) < 4.78 is 4.40. The molecule has 0 aliphatic heterocycles. The van der Waals surface area contributed by atoms with Crippen molar-refractivity contribution >= 4 is 5.97 Å². The van der Waals surface area contributed by atoms with E-state index in [2.05, 4.69) is 4.74 Å². The number of hydrogen-bond donors (Lipinski definition) is 0. The van der Waals surface area contributed by atoms with Gasteiger partial charge in [-0.15, -0.1) is 0 Å². The van der Waals surface area contributed by atoms with Gasteiger partial charge in [-0.3, -0.25) is 4.79 Å². The number of ether oxygens (including phenoxy) is 1. The van der Waals surface area contributed by atoms with E-state index in [0.29, 0.717) is 6.61 Å². The maximum atomic E-state index is 9.82. The van der Waals surface area contributed by atoms with Gasteiger partial charge in [0, 0.05) is 6.92 Å². The molecule has 0 bridgehead atoms. The first-order valence-electron chi connectivity index (χ1n) is 1.90. The predicted molar refractivity (Wildman–Crippen MR) is 23.7 cm³/mol. The smallest absolute Gasteiger partial charge is 2.00 e. The quantitative estimate of drug-likeness (QED) is 0.417. The Morgan fingerprint density at radius 3 is 1.78 bits per heavy atom. The van der Waals surface area contributed by atoms with E-state index in [0.717, 1.165) is 0 Å². The van der Waals surface area contributed by atoms with Crippen molar-refractivity contribution in [3.05, 3.63) is 0 Å². The molecule has 5 heteroatoms. The Bertz CT molecular complexity index is 56.5. The van der Waals surface area contributed by atoms with E-state index in [1.807, 2.05) is 0 Å². The first-order chi connectivity index (χ1) is 2.77. The van der Waals surface area contributed by atoms with Crippen LogP contribution < -0.4 is 0 Å². The van der Waals surface area contributed by atoms with E-state index in [9.17, 15) is 4.79 Å². The van der Waals surface area contributed by atoms with Crippen LogP contribution in [0.1, 0.15) is 13.8 Å². The monoisotopic (exact) mass is 168 g/mol. The fourth-order valence-corrected chi connectivity index (χ4v) is 0.203. The summed E-state index contributed by atoms with van der Waals surface area (Å²) in [6.07, 6.45) is 0. The van der Waals surface area contributed by atoms with Gasteiger partial charge in [-0.2, -0.15) is 0 Å². The maximum absolute atomic E-state index is 9.82. The van der Waals surface area contributed by atoms with Gasteiger partial charge in [0.05, 0.1) is 6.61 Å². The zero-order chi connectivity index (χ0) is 4.99. The summed E-state index contributed by atoms with van der Waals surface area (Å²) >= 11 is 0. The van der Waals surface area contributed by atoms with Gasteiger partial charge in [-0.25, -0.2) is 0 Å². The fourth-order valence-electron chi connectivity index (χ4n) is 0.203. The molecule has 0 fully saturated rings. The first kappa shape index (κ1) is 23.0. The second kappa shape index (κ2) is 15.7. The van der Waals surface area contributed by atoms with Crippen LogP contribution in [0, 0.1) is 0 Å². The van der Waals surface area contributed by atoms with E-state index in [4.69, 9.17) is 0 Å². The molecule has 0 saturated carbocycles. The van der Waals surface area contributed by atoms with Gasteiger partial charge in [-0.1, -0.05) is 0 Å². The normalized spacial score (nSPS) is 5.11. The molecule has 0 aromatic carbocycles. The average molecular weight is 168 g/mol. The number of rotatable bonds is 1. The molecule has 0 amide bonds. The summed E-state index contributed by atoms with van der Waals surface area (Å²) in [6.45, 7) is 3.65. The third kappa shape index (κ3) is 31.3. The van der Waals surface area contributed by atoms with Gasteiger partial charge < -0.3 is 15.7 Å². The molecule has 0 unspecified atom stereocenters. The molecule has 0 spiro atoms. The zero-order valence-corrected chi connectivity index (χ0v) is 6.90. The van der Waals surface area contributed by atoms with Crippen molar-refractivity contribution in [2.45, 2.75) is 13.8 Å². The van der Waals surface area contributed by atoms with Crippen LogP contribution in [0.15, 0.2) is 0 Å². The predicted octanol–water partition coefficient (Wildman–Crippen LogP) is 0.329. The van der Waals surface area contributed by atoms with Crippen LogP contribution in [0.2, 0.25) is 0 Å². The van der Waals surface area contributed by atoms with E-state index >= 15 is 0 Å². The molecule has 4 nitrogen and oxygen atoms in total. The minimum absolute atomic E-state index is 0. The number of carbonyl (C=O) groups excluding carboxylic acids is 1. The molecule has 0 aromatic heterocycles. The number of esters is 1. The molecule has 0 N–H and O–H groups in total. The Morgan fingerprint density at radius 2 is 1.78 bits per heavy atom. The van der Waals surface area contributed by atoms with Crippen molar-refractivity contribution in [1.29, 1.82) is 0 Å². The van der Waals surface area contributed by atoms with Gasteiger partial charge in [0.15, 0.2) is 0 Å². The van der Waals surface area contributed by atoms with Gasteiger partial charge in [0.2, 0.25) is 0 Å². The Balaban J connectivity index is -0.0000000417. The fraction of sp³-hybridized carbons (Fsp3) is 0.750. The van der Waals surface area contributed by atoms with E-state index in [1.165, 1.54) is 6.92 Å². The van der Waals surface area contributed by atoms with Gasteiger partial charge in [0.1, 0.15) is 0 Å². The van der Waals surface area contributed by atoms with E-state index in [-0.39, 0.29) is 38.6 Å². The largest absolute Gasteiger partial charge is 4.00 e. The molecule has 0 atom stereocenters. The van der Waals surface area contributed by atoms with Crippen LogP contribution in [0.5, 0.6) is 0 Å². The van der Waals surface area contributed by atoms with Gasteiger partial charge in [-0.05, 0) is 6.92 Å². The molecular formula is C4H8O4Ti. The summed E-state index contributed by atoms with van der Waals surface area (Å²) in [5.41, 5.74) is 0. The van der Waals surface area contributed by atoms with Crippen LogP contribution in [0.4, 0.5) is 0 Å². The average Bonchev–Trinajstić information content (AvgIpc) is 1.35. The molecular weight excluding hydrogens is 160 g/mol. The summed E-state index contributed by atoms with van der Waals surface area (Å²) in [5.74, 6) is -0.211. The van der Waals surface area contributed by atoms with Crippen LogP contribution in [0.25, 0.3) is 0 Å². The molecule has 9 heavy (non-hydrogen) atoms. The number of hydrogen-bond acceptors (Lipinski definition) is 2. The molecule has 0 aromatic rings. The van der Waals surface area contributed by atoms with Crippen molar-refractivity contribution in [3.63, 3.8) is 0 Å². The third-order valence-corrected chi connectivity index (χ3v) is 0.348. The summed E-state index contributed by atoms with van der Waals surface area (Å²) in [6, 6.07) is 0. The van der Waals surface area contributed by atoms with Crippen molar-refractivity contribution in [3.8, 4) is 0 Å². The molecule has 0 heterocycles. The van der Waals surface area contributed by atoms with Crippen molar-refractivity contribution in [1.82, 2.24) is 0 Å². The summed E-state index contributed by atoms with van der Waals surface area (Å²) in [5, 5.41) is 0. The Labute approximate surface area is 69.1 Å². The molecule has 52 valence electrons. The van der Waals surface area contributed by atoms with Crippen molar-refractivity contribution in [2.24, 2.45) is 0 Å². The van der Waals surface area contributed by atoms with Crippen LogP contribution in [-0.2, 0) is 42.2 Å². The van der Waals surface area contributed by atoms with Crippen LogP contribution in [0.3, 0.4) is 0 Å². The minimum atomic E-state index is -0.211. The summed E-state index contributed by atoms with van der Waals surface area (Å²) in [7, 11) is 0. The van der Waals surface area contributed by atoms with Crippen molar-refractivity contribution in [2.75, 3.05) is 6.61 Å². The molecule has 0 rings (SSSR count). The van der Waals surface area contributed by atoms with Crippen LogP contribution in [-0.4, -0.2) is 12.6 Å². The second-order valence-corrected chi connectivity index (χ2v) is 0.925. The minimum Gasteiger partial charge on any atom is -2.00 e. The van der Waals surface area contributed by atoms with E-state index in [1.54, 1.807) is 6.92 Å². The van der Waals surface area contributed by atoms with Crippen LogP contribution >= 0.6 is 0 Å². The second-order valence-electron chi connectivity index (χ2n) is 0.925. The topological polar surface area (TPSA) is 83.3 Å².